The molecule has 0 saturated carbocycles. The van der Waals surface area contributed by atoms with Crippen molar-refractivity contribution in [1.29, 1.82) is 0 Å². The fourth-order valence-corrected chi connectivity index (χ4v) is 5.64. The number of hydrogen-bond acceptors (Lipinski definition) is 4. The molecule has 0 spiro atoms. The minimum Gasteiger partial charge on any atom is -0.478 e. The predicted molar refractivity (Wildman–Crippen MR) is 159 cm³/mol. The molecule has 1 N–H and O–H groups in total. The molecule has 3 aromatic carbocycles. The fraction of sp³-hybridized carbons (Fsp3) is 0.182. The first-order valence-corrected chi connectivity index (χ1v) is 14.2. The molecule has 0 radical (unpaired) electrons. The highest BCUT2D eigenvalue weighted by atomic mass is 35.5. The highest BCUT2D eigenvalue weighted by Gasteiger charge is 2.23. The summed E-state index contributed by atoms with van der Waals surface area (Å²) < 4.78 is 39.5. The molecule has 3 aromatic heterocycles. The molecule has 0 amide bonds. The van der Waals surface area contributed by atoms with Crippen LogP contribution in [-0.4, -0.2) is 42.9 Å². The number of imidazole rings is 1. The standard InChI is InChI=1S/C33H25ClF2N4O3/c34-24-6-3-23(27(36)16-24)17-39-11-9-19-4-7-28(38-32(19)39)21-2-1-20(26(35)13-21)15-31-37-29-8-5-22(33(41)42)14-30(29)40(31)18-25-10-12-43-25/h1-9,11,13-14,16,25H,10,12,15,17-18H2,(H,41,42)/t25-/m0/s1. The van der Waals surface area contributed by atoms with Gasteiger partial charge in [0.05, 0.1) is 41.5 Å². The molecule has 0 unspecified atom stereocenters. The maximum atomic E-state index is 15.6. The third kappa shape index (κ3) is 5.26. The zero-order valence-electron chi connectivity index (χ0n) is 22.8. The Morgan fingerprint density at radius 2 is 1.79 bits per heavy atom. The number of nitrogens with zero attached hydrogens (tertiary/aromatic N) is 4. The molecule has 1 atom stereocenters. The van der Waals surface area contributed by atoms with E-state index in [0.717, 1.165) is 11.8 Å². The summed E-state index contributed by atoms with van der Waals surface area (Å²) in [5.74, 6) is -1.18. The lowest BCUT2D eigenvalue weighted by Crippen LogP contribution is -2.31. The molecular formula is C33H25ClF2N4O3. The molecule has 216 valence electrons. The van der Waals surface area contributed by atoms with Crippen LogP contribution in [-0.2, 0) is 24.2 Å². The molecule has 1 aliphatic rings. The number of aromatic nitrogens is 4. The van der Waals surface area contributed by atoms with Gasteiger partial charge in [-0.1, -0.05) is 29.8 Å². The largest absolute Gasteiger partial charge is 0.478 e. The van der Waals surface area contributed by atoms with E-state index in [9.17, 15) is 14.3 Å². The molecule has 4 heterocycles. The van der Waals surface area contributed by atoms with Crippen molar-refractivity contribution in [2.45, 2.75) is 32.0 Å². The molecule has 10 heteroatoms. The minimum absolute atomic E-state index is 0.00739. The zero-order valence-corrected chi connectivity index (χ0v) is 23.6. The lowest BCUT2D eigenvalue weighted by molar-refractivity contribution is -0.0589. The Labute approximate surface area is 249 Å². The molecule has 0 bridgehead atoms. The number of carboxylic acid groups (broad SMARTS) is 1. The van der Waals surface area contributed by atoms with Crippen LogP contribution in [0.15, 0.2) is 79.0 Å². The van der Waals surface area contributed by atoms with Crippen molar-refractivity contribution < 1.29 is 23.4 Å². The first kappa shape index (κ1) is 27.2. The van der Waals surface area contributed by atoms with Crippen LogP contribution in [0.4, 0.5) is 8.78 Å². The number of pyridine rings is 1. The number of ether oxygens (including phenoxy) is 1. The average Bonchev–Trinajstić information content (AvgIpc) is 3.52. The Kier molecular flexibility index (Phi) is 6.91. The number of rotatable bonds is 8. The van der Waals surface area contributed by atoms with Gasteiger partial charge in [-0.3, -0.25) is 0 Å². The molecular weight excluding hydrogens is 574 g/mol. The van der Waals surface area contributed by atoms with Gasteiger partial charge in [0, 0.05) is 40.8 Å². The lowest BCUT2D eigenvalue weighted by atomic mass is 10.0. The first-order valence-electron chi connectivity index (χ1n) is 13.8. The highest BCUT2D eigenvalue weighted by molar-refractivity contribution is 6.30. The third-order valence-electron chi connectivity index (χ3n) is 7.92. The molecule has 7 rings (SSSR count). The summed E-state index contributed by atoms with van der Waals surface area (Å²) in [6, 6.07) is 20.1. The summed E-state index contributed by atoms with van der Waals surface area (Å²) in [7, 11) is 0. The quantitative estimate of drug-likeness (QED) is 0.202. The number of fused-ring (bicyclic) bond motifs is 2. The van der Waals surface area contributed by atoms with Gasteiger partial charge in [0.2, 0.25) is 0 Å². The van der Waals surface area contributed by atoms with Crippen molar-refractivity contribution in [3.63, 3.8) is 0 Å². The second-order valence-corrected chi connectivity index (χ2v) is 11.1. The smallest absolute Gasteiger partial charge is 0.335 e. The van der Waals surface area contributed by atoms with Crippen LogP contribution in [0.25, 0.3) is 33.3 Å². The van der Waals surface area contributed by atoms with Crippen molar-refractivity contribution in [2.24, 2.45) is 0 Å². The van der Waals surface area contributed by atoms with Crippen molar-refractivity contribution in [3.8, 4) is 11.3 Å². The zero-order chi connectivity index (χ0) is 29.7. The van der Waals surface area contributed by atoms with Crippen molar-refractivity contribution in [2.75, 3.05) is 6.61 Å². The maximum absolute atomic E-state index is 15.6. The Morgan fingerprint density at radius 3 is 2.53 bits per heavy atom. The van der Waals surface area contributed by atoms with Gasteiger partial charge in [-0.05, 0) is 66.6 Å². The van der Waals surface area contributed by atoms with E-state index in [-0.39, 0.29) is 30.5 Å². The molecule has 1 fully saturated rings. The van der Waals surface area contributed by atoms with E-state index in [1.54, 1.807) is 30.3 Å². The number of hydrogen-bond donors (Lipinski definition) is 1. The van der Waals surface area contributed by atoms with Gasteiger partial charge in [-0.2, -0.15) is 0 Å². The molecule has 1 saturated heterocycles. The third-order valence-corrected chi connectivity index (χ3v) is 8.15. The fourth-order valence-electron chi connectivity index (χ4n) is 5.48. The summed E-state index contributed by atoms with van der Waals surface area (Å²) in [6.45, 7) is 1.47. The monoisotopic (exact) mass is 598 g/mol. The Morgan fingerprint density at radius 1 is 0.977 bits per heavy atom. The molecule has 43 heavy (non-hydrogen) atoms. The Bertz CT molecular complexity index is 2030. The number of halogens is 3. The highest BCUT2D eigenvalue weighted by Crippen LogP contribution is 2.28. The lowest BCUT2D eigenvalue weighted by Gasteiger charge is -2.27. The molecule has 0 aliphatic carbocycles. The molecule has 1 aliphatic heterocycles. The summed E-state index contributed by atoms with van der Waals surface area (Å²) in [4.78, 5) is 21.1. The van der Waals surface area contributed by atoms with Gasteiger partial charge in [-0.15, -0.1) is 0 Å². The summed E-state index contributed by atoms with van der Waals surface area (Å²) >= 11 is 5.90. The summed E-state index contributed by atoms with van der Waals surface area (Å²) in [5, 5.41) is 10.7. The normalized spacial score (nSPS) is 14.8. The number of aromatic carboxylic acids is 1. The average molecular weight is 599 g/mol. The molecule has 7 nitrogen and oxygen atoms in total. The Balaban J connectivity index is 1.19. The second-order valence-electron chi connectivity index (χ2n) is 10.7. The van der Waals surface area contributed by atoms with Gasteiger partial charge >= 0.3 is 5.97 Å². The van der Waals surface area contributed by atoms with E-state index >= 15 is 4.39 Å². The van der Waals surface area contributed by atoms with E-state index in [4.69, 9.17) is 26.3 Å². The van der Waals surface area contributed by atoms with E-state index in [1.807, 2.05) is 39.6 Å². The first-order chi connectivity index (χ1) is 20.8. The number of carboxylic acids is 1. The maximum Gasteiger partial charge on any atom is 0.335 e. The van der Waals surface area contributed by atoms with Gasteiger partial charge in [0.25, 0.3) is 0 Å². The van der Waals surface area contributed by atoms with Gasteiger partial charge in [0.1, 0.15) is 23.1 Å². The van der Waals surface area contributed by atoms with E-state index in [2.05, 4.69) is 0 Å². The van der Waals surface area contributed by atoms with Crippen LogP contribution in [0.3, 0.4) is 0 Å². The van der Waals surface area contributed by atoms with Gasteiger partial charge < -0.3 is 19.0 Å². The van der Waals surface area contributed by atoms with Crippen molar-refractivity contribution in [1.82, 2.24) is 19.1 Å². The van der Waals surface area contributed by atoms with E-state index < -0.39 is 11.8 Å². The number of benzene rings is 3. The van der Waals surface area contributed by atoms with Crippen LogP contribution in [0.5, 0.6) is 0 Å². The van der Waals surface area contributed by atoms with Crippen molar-refractivity contribution in [3.05, 3.63) is 118 Å². The topological polar surface area (TPSA) is 82.2 Å². The van der Waals surface area contributed by atoms with Gasteiger partial charge in [-0.25, -0.2) is 23.5 Å². The van der Waals surface area contributed by atoms with Crippen molar-refractivity contribution >= 4 is 39.6 Å². The SMILES string of the molecule is O=C(O)c1ccc2nc(Cc3ccc(-c4ccc5ccn(Cc6ccc(Cl)cc6F)c5n4)cc3F)n(C[C@@H]3CCO3)c2c1. The molecule has 6 aromatic rings. The van der Waals surface area contributed by atoms with Crippen LogP contribution in [0.2, 0.25) is 5.02 Å². The van der Waals surface area contributed by atoms with E-state index in [1.165, 1.54) is 18.2 Å². The van der Waals surface area contributed by atoms with Gasteiger partial charge in [0.15, 0.2) is 0 Å². The van der Waals surface area contributed by atoms with Crippen LogP contribution < -0.4 is 0 Å². The van der Waals surface area contributed by atoms with E-state index in [0.29, 0.717) is 63.1 Å². The van der Waals surface area contributed by atoms with Crippen LogP contribution >= 0.6 is 11.6 Å². The summed E-state index contributed by atoms with van der Waals surface area (Å²) in [6.07, 6.45) is 2.97. The number of carbonyl (C=O) groups is 1. The second kappa shape index (κ2) is 10.9. The predicted octanol–water partition coefficient (Wildman–Crippen LogP) is 7.11. The summed E-state index contributed by atoms with van der Waals surface area (Å²) in [5.41, 5.74) is 4.29. The van der Waals surface area contributed by atoms with Crippen LogP contribution in [0.1, 0.15) is 33.7 Å². The minimum atomic E-state index is -1.02. The van der Waals surface area contributed by atoms with Crippen LogP contribution in [0, 0.1) is 11.6 Å². The Hall–Kier alpha value is -4.60.